The number of rotatable bonds is 3. The van der Waals surface area contributed by atoms with E-state index < -0.39 is 5.82 Å². The number of nitrogens with two attached hydrogens (primary N) is 1. The normalized spacial score (nSPS) is 10.6. The molecule has 0 unspecified atom stereocenters. The number of aromatic nitrogens is 2. The highest BCUT2D eigenvalue weighted by atomic mass is 79.9. The first-order valence-corrected chi connectivity index (χ1v) is 6.43. The van der Waals surface area contributed by atoms with Crippen molar-refractivity contribution in [2.75, 3.05) is 0 Å². The van der Waals surface area contributed by atoms with Crippen molar-refractivity contribution >= 4 is 38.9 Å². The lowest BCUT2D eigenvalue weighted by Gasteiger charge is -2.04. The minimum atomic E-state index is -0.562. The van der Waals surface area contributed by atoms with Crippen LogP contribution in [0.15, 0.2) is 16.6 Å². The third kappa shape index (κ3) is 2.92. The molecule has 0 saturated heterocycles. The zero-order chi connectivity index (χ0) is 12.4. The van der Waals surface area contributed by atoms with Crippen LogP contribution in [0.5, 0.6) is 10.9 Å². The maximum atomic E-state index is 13.2. The van der Waals surface area contributed by atoms with Crippen molar-refractivity contribution in [3.8, 4) is 10.9 Å². The molecule has 0 fully saturated rings. The van der Waals surface area contributed by atoms with E-state index in [0.29, 0.717) is 14.7 Å². The maximum Gasteiger partial charge on any atom is 0.299 e. The molecular weight excluding hydrogens is 333 g/mol. The molecule has 0 bridgehead atoms. The molecule has 0 spiro atoms. The molecule has 0 aliphatic carbocycles. The zero-order valence-corrected chi connectivity index (χ0v) is 11.4. The van der Waals surface area contributed by atoms with Gasteiger partial charge < -0.3 is 10.5 Å². The van der Waals surface area contributed by atoms with Gasteiger partial charge in [0.1, 0.15) is 16.6 Å². The lowest BCUT2D eigenvalue weighted by atomic mass is 10.3. The van der Waals surface area contributed by atoms with E-state index in [-0.39, 0.29) is 17.3 Å². The van der Waals surface area contributed by atoms with Gasteiger partial charge in [0, 0.05) is 12.6 Å². The number of halogens is 3. The Balaban J connectivity index is 2.26. The van der Waals surface area contributed by atoms with Crippen molar-refractivity contribution in [2.24, 2.45) is 5.73 Å². The summed E-state index contributed by atoms with van der Waals surface area (Å²) in [5.41, 5.74) is 5.40. The van der Waals surface area contributed by atoms with Gasteiger partial charge in [0.25, 0.3) is 5.19 Å². The minimum Gasteiger partial charge on any atom is -0.428 e. The molecule has 90 valence electrons. The zero-order valence-electron chi connectivity index (χ0n) is 8.28. The molecule has 0 aliphatic heterocycles. The summed E-state index contributed by atoms with van der Waals surface area (Å²) >= 11 is 10.0. The van der Waals surface area contributed by atoms with Crippen molar-refractivity contribution in [1.29, 1.82) is 0 Å². The first-order chi connectivity index (χ1) is 8.10. The van der Waals surface area contributed by atoms with Crippen molar-refractivity contribution in [3.63, 3.8) is 0 Å². The summed E-state index contributed by atoms with van der Waals surface area (Å²) in [4.78, 5) is 0. The van der Waals surface area contributed by atoms with Crippen molar-refractivity contribution in [3.05, 3.63) is 32.5 Å². The molecule has 0 saturated carbocycles. The fourth-order valence-corrected chi connectivity index (χ4v) is 2.34. The average molecular weight is 339 g/mol. The fourth-order valence-electron chi connectivity index (χ4n) is 1.04. The number of benzene rings is 1. The van der Waals surface area contributed by atoms with Gasteiger partial charge in [0.2, 0.25) is 0 Å². The molecule has 17 heavy (non-hydrogen) atoms. The maximum absolute atomic E-state index is 13.2. The Morgan fingerprint density at radius 3 is 2.88 bits per heavy atom. The van der Waals surface area contributed by atoms with Gasteiger partial charge >= 0.3 is 0 Å². The van der Waals surface area contributed by atoms with Gasteiger partial charge in [0.15, 0.2) is 0 Å². The highest BCUT2D eigenvalue weighted by Gasteiger charge is 2.11. The first-order valence-electron chi connectivity index (χ1n) is 4.45. The second kappa shape index (κ2) is 5.26. The number of hydrogen-bond acceptors (Lipinski definition) is 5. The Hall–Kier alpha value is -0.760. The molecular formula is C9H6BrClFN3OS. The van der Waals surface area contributed by atoms with Gasteiger partial charge in [-0.05, 0) is 22.0 Å². The number of ether oxygens (including phenoxy) is 1. The lowest BCUT2D eigenvalue weighted by molar-refractivity contribution is 0.465. The molecule has 4 nitrogen and oxygen atoms in total. The first kappa shape index (κ1) is 12.7. The Morgan fingerprint density at radius 1 is 1.47 bits per heavy atom. The largest absolute Gasteiger partial charge is 0.428 e. The van der Waals surface area contributed by atoms with Crippen molar-refractivity contribution < 1.29 is 9.13 Å². The molecule has 2 rings (SSSR count). The predicted octanol–water partition coefficient (Wildman–Crippen LogP) is 3.34. The van der Waals surface area contributed by atoms with Gasteiger partial charge in [-0.25, -0.2) is 4.39 Å². The van der Waals surface area contributed by atoms with Gasteiger partial charge in [0.05, 0.1) is 9.50 Å². The second-order valence-electron chi connectivity index (χ2n) is 2.96. The molecule has 2 aromatic rings. The average Bonchev–Trinajstić information content (AvgIpc) is 2.73. The van der Waals surface area contributed by atoms with Crippen LogP contribution in [0.2, 0.25) is 5.02 Å². The lowest BCUT2D eigenvalue weighted by Crippen LogP contribution is -1.94. The topological polar surface area (TPSA) is 61.0 Å². The summed E-state index contributed by atoms with van der Waals surface area (Å²) < 4.78 is 19.2. The van der Waals surface area contributed by atoms with Crippen LogP contribution in [0, 0.1) is 5.82 Å². The molecule has 1 aromatic heterocycles. The van der Waals surface area contributed by atoms with E-state index in [1.165, 1.54) is 23.5 Å². The third-order valence-electron chi connectivity index (χ3n) is 1.80. The summed E-state index contributed by atoms with van der Waals surface area (Å²) in [5, 5.41) is 8.51. The van der Waals surface area contributed by atoms with Gasteiger partial charge in [-0.3, -0.25) is 0 Å². The third-order valence-corrected chi connectivity index (χ3v) is 3.53. The van der Waals surface area contributed by atoms with E-state index in [9.17, 15) is 4.39 Å². The highest BCUT2D eigenvalue weighted by Crippen LogP contribution is 2.34. The van der Waals surface area contributed by atoms with E-state index in [1.54, 1.807) is 0 Å². The predicted molar refractivity (Wildman–Crippen MR) is 67.0 cm³/mol. The quantitative estimate of drug-likeness (QED) is 0.872. The van der Waals surface area contributed by atoms with Crippen LogP contribution in [0.4, 0.5) is 4.39 Å². The minimum absolute atomic E-state index is 0.0177. The SMILES string of the molecule is NCc1nnc(Oc2cc(F)c(Cl)cc2Br)s1. The van der Waals surface area contributed by atoms with E-state index in [1.807, 2.05) is 0 Å². The summed E-state index contributed by atoms with van der Waals surface area (Å²) in [6.07, 6.45) is 0. The second-order valence-corrected chi connectivity index (χ2v) is 5.25. The molecule has 1 aromatic carbocycles. The Kier molecular flexibility index (Phi) is 3.93. The molecule has 0 atom stereocenters. The molecule has 1 heterocycles. The molecule has 0 radical (unpaired) electrons. The molecule has 8 heteroatoms. The number of nitrogens with zero attached hydrogens (tertiary/aromatic N) is 2. The van der Waals surface area contributed by atoms with E-state index in [2.05, 4.69) is 26.1 Å². The van der Waals surface area contributed by atoms with Crippen LogP contribution in [0.25, 0.3) is 0 Å². The Labute approximate surface area is 114 Å². The van der Waals surface area contributed by atoms with Crippen molar-refractivity contribution in [2.45, 2.75) is 6.54 Å². The van der Waals surface area contributed by atoms with Crippen LogP contribution in [0.3, 0.4) is 0 Å². The number of hydrogen-bond donors (Lipinski definition) is 1. The Morgan fingerprint density at radius 2 is 2.24 bits per heavy atom. The standard InChI is InChI=1S/C9H6BrClFN3OS/c10-4-1-5(11)6(12)2-7(4)16-9-15-14-8(3-13)17-9/h1-2H,3,13H2. The molecule has 2 N–H and O–H groups in total. The summed E-state index contributed by atoms with van der Waals surface area (Å²) in [6.45, 7) is 0.289. The molecule has 0 aliphatic rings. The van der Waals surface area contributed by atoms with Crippen LogP contribution >= 0.6 is 38.9 Å². The van der Waals surface area contributed by atoms with Gasteiger partial charge in [-0.1, -0.05) is 28.0 Å². The summed E-state index contributed by atoms with van der Waals surface area (Å²) in [5.74, 6) is -0.278. The summed E-state index contributed by atoms with van der Waals surface area (Å²) in [6, 6.07) is 2.59. The van der Waals surface area contributed by atoms with Crippen LogP contribution in [-0.2, 0) is 6.54 Å². The highest BCUT2D eigenvalue weighted by molar-refractivity contribution is 9.10. The van der Waals surface area contributed by atoms with E-state index in [4.69, 9.17) is 22.1 Å². The van der Waals surface area contributed by atoms with Crippen LogP contribution < -0.4 is 10.5 Å². The van der Waals surface area contributed by atoms with Crippen LogP contribution in [-0.4, -0.2) is 10.2 Å². The smallest absolute Gasteiger partial charge is 0.299 e. The fraction of sp³-hybridized carbons (Fsp3) is 0.111. The van der Waals surface area contributed by atoms with Gasteiger partial charge in [-0.15, -0.1) is 5.10 Å². The summed E-state index contributed by atoms with van der Waals surface area (Å²) in [7, 11) is 0. The van der Waals surface area contributed by atoms with Crippen molar-refractivity contribution in [1.82, 2.24) is 10.2 Å². The monoisotopic (exact) mass is 337 g/mol. The van der Waals surface area contributed by atoms with E-state index >= 15 is 0 Å². The van der Waals surface area contributed by atoms with Gasteiger partial charge in [-0.2, -0.15) is 0 Å². The van der Waals surface area contributed by atoms with E-state index in [0.717, 1.165) is 0 Å². The van der Waals surface area contributed by atoms with Crippen LogP contribution in [0.1, 0.15) is 5.01 Å². The Bertz CT molecular complexity index is 551. The molecule has 0 amide bonds.